The highest BCUT2D eigenvalue weighted by Crippen LogP contribution is 2.28. The second-order valence-electron chi connectivity index (χ2n) is 3.95. The summed E-state index contributed by atoms with van der Waals surface area (Å²) in [6, 6.07) is 8.82. The quantitative estimate of drug-likeness (QED) is 0.795. The highest BCUT2D eigenvalue weighted by Gasteiger charge is 2.21. The number of aromatic nitrogens is 2. The molecule has 0 aliphatic carbocycles. The fraction of sp³-hybridized carbons (Fsp3) is 0.250. The molecule has 1 aromatic carbocycles. The van der Waals surface area contributed by atoms with E-state index in [1.54, 1.807) is 18.3 Å². The van der Waals surface area contributed by atoms with Crippen LogP contribution in [0.5, 0.6) is 0 Å². The molecule has 1 unspecified atom stereocenters. The van der Waals surface area contributed by atoms with Crippen LogP contribution in [0.15, 0.2) is 36.5 Å². The zero-order valence-corrected chi connectivity index (χ0v) is 8.73. The van der Waals surface area contributed by atoms with Gasteiger partial charge in [-0.15, -0.1) is 0 Å². The maximum Gasteiger partial charge on any atom is 0.124 e. The van der Waals surface area contributed by atoms with Crippen molar-refractivity contribution >= 4 is 5.82 Å². The van der Waals surface area contributed by atoms with E-state index in [-0.39, 0.29) is 11.9 Å². The number of anilines is 1. The van der Waals surface area contributed by atoms with Gasteiger partial charge in [0.25, 0.3) is 0 Å². The van der Waals surface area contributed by atoms with Crippen molar-refractivity contribution in [1.82, 2.24) is 9.78 Å². The Morgan fingerprint density at radius 1 is 1.38 bits per heavy atom. The second-order valence-corrected chi connectivity index (χ2v) is 3.95. The minimum atomic E-state index is -0.190. The Labute approximate surface area is 92.9 Å². The first kappa shape index (κ1) is 9.39. The number of nitrogens with one attached hydrogen (secondary N) is 1. The number of hydrogen-bond acceptors (Lipinski definition) is 2. The number of hydrogen-bond donors (Lipinski definition) is 1. The fourth-order valence-corrected chi connectivity index (χ4v) is 2.18. The third kappa shape index (κ3) is 1.46. The first-order chi connectivity index (χ1) is 7.84. The Bertz CT molecular complexity index is 506. The molecule has 3 rings (SSSR count). The van der Waals surface area contributed by atoms with E-state index in [9.17, 15) is 4.39 Å². The third-order valence-electron chi connectivity index (χ3n) is 2.92. The maximum atomic E-state index is 13.2. The SMILES string of the molecule is Fc1cccc(C2CCNc3ccnn32)c1. The molecule has 2 heterocycles. The van der Waals surface area contributed by atoms with Crippen molar-refractivity contribution in [2.75, 3.05) is 11.9 Å². The van der Waals surface area contributed by atoms with Crippen molar-refractivity contribution in [3.8, 4) is 0 Å². The number of fused-ring (bicyclic) bond motifs is 1. The molecule has 0 radical (unpaired) electrons. The van der Waals surface area contributed by atoms with E-state index in [1.165, 1.54) is 6.07 Å². The fourth-order valence-electron chi connectivity index (χ4n) is 2.18. The smallest absolute Gasteiger partial charge is 0.124 e. The van der Waals surface area contributed by atoms with E-state index in [1.807, 2.05) is 16.8 Å². The van der Waals surface area contributed by atoms with E-state index in [2.05, 4.69) is 10.4 Å². The van der Waals surface area contributed by atoms with Gasteiger partial charge < -0.3 is 5.32 Å². The summed E-state index contributed by atoms with van der Waals surface area (Å²) in [5.74, 6) is 0.810. The van der Waals surface area contributed by atoms with Gasteiger partial charge in [0, 0.05) is 12.6 Å². The van der Waals surface area contributed by atoms with Gasteiger partial charge in [0.2, 0.25) is 0 Å². The molecule has 1 atom stereocenters. The number of halogens is 1. The number of benzene rings is 1. The Kier molecular flexibility index (Phi) is 2.13. The molecule has 4 heteroatoms. The molecule has 2 aromatic rings. The van der Waals surface area contributed by atoms with Crippen LogP contribution in [0.1, 0.15) is 18.0 Å². The molecule has 1 aromatic heterocycles. The molecule has 0 saturated heterocycles. The molecule has 1 aliphatic rings. The van der Waals surface area contributed by atoms with Gasteiger partial charge >= 0.3 is 0 Å². The summed E-state index contributed by atoms with van der Waals surface area (Å²) >= 11 is 0. The first-order valence-electron chi connectivity index (χ1n) is 5.37. The van der Waals surface area contributed by atoms with Crippen molar-refractivity contribution < 1.29 is 4.39 Å². The lowest BCUT2D eigenvalue weighted by atomic mass is 10.0. The Hall–Kier alpha value is -1.84. The Morgan fingerprint density at radius 2 is 2.31 bits per heavy atom. The maximum absolute atomic E-state index is 13.2. The minimum absolute atomic E-state index is 0.141. The Morgan fingerprint density at radius 3 is 3.19 bits per heavy atom. The average molecular weight is 217 g/mol. The predicted molar refractivity (Wildman–Crippen MR) is 59.9 cm³/mol. The monoisotopic (exact) mass is 217 g/mol. The zero-order chi connectivity index (χ0) is 11.0. The van der Waals surface area contributed by atoms with Crippen LogP contribution in [0.2, 0.25) is 0 Å². The first-order valence-corrected chi connectivity index (χ1v) is 5.37. The molecule has 82 valence electrons. The molecular weight excluding hydrogens is 205 g/mol. The minimum Gasteiger partial charge on any atom is -0.370 e. The van der Waals surface area contributed by atoms with Crippen molar-refractivity contribution in [2.24, 2.45) is 0 Å². The highest BCUT2D eigenvalue weighted by molar-refractivity contribution is 5.38. The average Bonchev–Trinajstić information content (AvgIpc) is 2.76. The van der Waals surface area contributed by atoms with Gasteiger partial charge in [-0.2, -0.15) is 5.10 Å². The van der Waals surface area contributed by atoms with Gasteiger partial charge in [-0.1, -0.05) is 12.1 Å². The largest absolute Gasteiger partial charge is 0.370 e. The van der Waals surface area contributed by atoms with Crippen molar-refractivity contribution in [3.05, 3.63) is 47.9 Å². The molecule has 0 fully saturated rings. The van der Waals surface area contributed by atoms with Crippen LogP contribution in [-0.2, 0) is 0 Å². The van der Waals surface area contributed by atoms with E-state index in [4.69, 9.17) is 0 Å². The van der Waals surface area contributed by atoms with E-state index in [0.717, 1.165) is 24.3 Å². The zero-order valence-electron chi connectivity index (χ0n) is 8.73. The topological polar surface area (TPSA) is 29.9 Å². The molecule has 0 bridgehead atoms. The third-order valence-corrected chi connectivity index (χ3v) is 2.92. The summed E-state index contributed by atoms with van der Waals surface area (Å²) in [6.07, 6.45) is 2.69. The molecule has 0 spiro atoms. The van der Waals surface area contributed by atoms with Crippen LogP contribution in [-0.4, -0.2) is 16.3 Å². The van der Waals surface area contributed by atoms with Gasteiger partial charge in [0.05, 0.1) is 12.2 Å². The summed E-state index contributed by atoms with van der Waals surface area (Å²) in [4.78, 5) is 0. The molecule has 16 heavy (non-hydrogen) atoms. The Balaban J connectivity index is 2.04. The van der Waals surface area contributed by atoms with Gasteiger partial charge in [-0.25, -0.2) is 9.07 Å². The summed E-state index contributed by atoms with van der Waals surface area (Å²) in [7, 11) is 0. The van der Waals surface area contributed by atoms with Gasteiger partial charge in [0.15, 0.2) is 0 Å². The van der Waals surface area contributed by atoms with Gasteiger partial charge in [-0.05, 0) is 24.1 Å². The second kappa shape index (κ2) is 3.63. The summed E-state index contributed by atoms with van der Waals surface area (Å²) in [5.41, 5.74) is 0.978. The lowest BCUT2D eigenvalue weighted by Gasteiger charge is -2.25. The lowest BCUT2D eigenvalue weighted by Crippen LogP contribution is -2.24. The molecule has 1 aliphatic heterocycles. The summed E-state index contributed by atoms with van der Waals surface area (Å²) < 4.78 is 15.1. The predicted octanol–water partition coefficient (Wildman–Crippen LogP) is 2.43. The van der Waals surface area contributed by atoms with E-state index < -0.39 is 0 Å². The molecule has 0 amide bonds. The highest BCUT2D eigenvalue weighted by atomic mass is 19.1. The van der Waals surface area contributed by atoms with E-state index in [0.29, 0.717) is 0 Å². The van der Waals surface area contributed by atoms with Gasteiger partial charge in [-0.3, -0.25) is 0 Å². The van der Waals surface area contributed by atoms with Crippen LogP contribution < -0.4 is 5.32 Å². The summed E-state index contributed by atoms with van der Waals surface area (Å²) in [5, 5.41) is 7.54. The molecular formula is C12H12FN3. The van der Waals surface area contributed by atoms with Gasteiger partial charge in [0.1, 0.15) is 11.6 Å². The van der Waals surface area contributed by atoms with Crippen LogP contribution in [0.3, 0.4) is 0 Å². The van der Waals surface area contributed by atoms with Crippen LogP contribution in [0.4, 0.5) is 10.2 Å². The normalized spacial score (nSPS) is 18.9. The number of nitrogens with zero attached hydrogens (tertiary/aromatic N) is 2. The van der Waals surface area contributed by atoms with Crippen LogP contribution >= 0.6 is 0 Å². The summed E-state index contributed by atoms with van der Waals surface area (Å²) in [6.45, 7) is 0.896. The van der Waals surface area contributed by atoms with Crippen LogP contribution in [0, 0.1) is 5.82 Å². The van der Waals surface area contributed by atoms with Crippen molar-refractivity contribution in [2.45, 2.75) is 12.5 Å². The van der Waals surface area contributed by atoms with Crippen molar-refractivity contribution in [3.63, 3.8) is 0 Å². The van der Waals surface area contributed by atoms with Crippen molar-refractivity contribution in [1.29, 1.82) is 0 Å². The van der Waals surface area contributed by atoms with Crippen LogP contribution in [0.25, 0.3) is 0 Å². The molecule has 0 saturated carbocycles. The van der Waals surface area contributed by atoms with E-state index >= 15 is 0 Å². The molecule has 3 nitrogen and oxygen atoms in total. The molecule has 1 N–H and O–H groups in total. The standard InChI is InChI=1S/C12H12FN3/c13-10-3-1-2-9(8-10)11-4-6-14-12-5-7-15-16(11)12/h1-3,5,7-8,11,14H,4,6H2. The lowest BCUT2D eigenvalue weighted by molar-refractivity contribution is 0.479. The number of rotatable bonds is 1.